The van der Waals surface area contributed by atoms with Crippen LogP contribution in [-0.4, -0.2) is 41.9 Å². The van der Waals surface area contributed by atoms with Crippen LogP contribution in [0.25, 0.3) is 0 Å². The van der Waals surface area contributed by atoms with Crippen LogP contribution in [0, 0.1) is 0 Å². The quantitative estimate of drug-likeness (QED) is 0.890. The molecule has 1 atom stereocenters. The fourth-order valence-corrected chi connectivity index (χ4v) is 4.38. The predicted molar refractivity (Wildman–Crippen MR) is 92.0 cm³/mol. The Bertz CT molecular complexity index is 609. The summed E-state index contributed by atoms with van der Waals surface area (Å²) in [7, 11) is 0. The molecule has 1 aliphatic heterocycles. The summed E-state index contributed by atoms with van der Waals surface area (Å²) in [5, 5.41) is 3.00. The lowest BCUT2D eigenvalue weighted by Crippen LogP contribution is -2.41. The monoisotopic (exact) mass is 356 g/mol. The van der Waals surface area contributed by atoms with Crippen LogP contribution in [0.2, 0.25) is 4.34 Å². The third-order valence-electron chi connectivity index (χ3n) is 3.61. The summed E-state index contributed by atoms with van der Waals surface area (Å²) in [5.41, 5.74) is 0. The van der Waals surface area contributed by atoms with Crippen LogP contribution >= 0.6 is 34.7 Å². The highest BCUT2D eigenvalue weighted by Gasteiger charge is 2.25. The van der Waals surface area contributed by atoms with Gasteiger partial charge in [0.15, 0.2) is 0 Å². The zero-order chi connectivity index (χ0) is 15.4. The van der Waals surface area contributed by atoms with E-state index in [1.807, 2.05) is 23.9 Å². The molecule has 22 heavy (non-hydrogen) atoms. The number of thiophene rings is 1. The second-order valence-electron chi connectivity index (χ2n) is 4.99. The highest BCUT2D eigenvalue weighted by atomic mass is 35.5. The molecule has 0 aliphatic carbocycles. The Morgan fingerprint density at radius 3 is 2.82 bits per heavy atom. The van der Waals surface area contributed by atoms with Crippen LogP contribution in [0.3, 0.4) is 0 Å². The number of nitrogens with zero attached hydrogens (tertiary/aromatic N) is 1. The number of hydrogen-bond donors (Lipinski definition) is 1. The van der Waals surface area contributed by atoms with E-state index in [0.717, 1.165) is 30.4 Å². The molecule has 2 aromatic heterocycles. The molecule has 0 saturated carbocycles. The number of nitrogens with one attached hydrogen (secondary N) is 1. The first-order valence-electron chi connectivity index (χ1n) is 7.13. The Morgan fingerprint density at radius 1 is 1.36 bits per heavy atom. The molecule has 2 aromatic rings. The summed E-state index contributed by atoms with van der Waals surface area (Å²) in [6.07, 6.45) is 1.68. The Kier molecular flexibility index (Phi) is 5.46. The van der Waals surface area contributed by atoms with Gasteiger partial charge in [-0.15, -0.1) is 11.3 Å². The molecule has 4 nitrogen and oxygen atoms in total. The molecule has 7 heteroatoms. The minimum Gasteiger partial charge on any atom is -0.468 e. The molecule has 0 radical (unpaired) electrons. The van der Waals surface area contributed by atoms with E-state index in [1.165, 1.54) is 11.3 Å². The van der Waals surface area contributed by atoms with Crippen molar-refractivity contribution in [3.05, 3.63) is 45.5 Å². The van der Waals surface area contributed by atoms with E-state index in [9.17, 15) is 4.79 Å². The molecule has 3 rings (SSSR count). The highest BCUT2D eigenvalue weighted by Crippen LogP contribution is 2.25. The van der Waals surface area contributed by atoms with Gasteiger partial charge in [-0.1, -0.05) is 11.6 Å². The van der Waals surface area contributed by atoms with Gasteiger partial charge in [-0.05, 0) is 24.3 Å². The van der Waals surface area contributed by atoms with Crippen molar-refractivity contribution >= 4 is 40.6 Å². The third-order valence-corrected chi connectivity index (χ3v) is 5.78. The SMILES string of the molecule is O=C(NC[C@@H](c1ccco1)N1CCSCC1)c1ccc(Cl)s1. The number of furan rings is 1. The first-order valence-corrected chi connectivity index (χ1v) is 9.47. The van der Waals surface area contributed by atoms with Gasteiger partial charge in [0.2, 0.25) is 0 Å². The topological polar surface area (TPSA) is 45.5 Å². The number of carbonyl (C=O) groups is 1. The lowest BCUT2D eigenvalue weighted by molar-refractivity contribution is 0.0933. The van der Waals surface area contributed by atoms with Gasteiger partial charge in [0.25, 0.3) is 5.91 Å². The molecule has 0 bridgehead atoms. The van der Waals surface area contributed by atoms with E-state index in [1.54, 1.807) is 18.4 Å². The van der Waals surface area contributed by atoms with E-state index >= 15 is 0 Å². The van der Waals surface area contributed by atoms with Crippen molar-refractivity contribution in [2.45, 2.75) is 6.04 Å². The van der Waals surface area contributed by atoms with E-state index in [0.29, 0.717) is 15.8 Å². The van der Waals surface area contributed by atoms with Crippen molar-refractivity contribution in [3.8, 4) is 0 Å². The Morgan fingerprint density at radius 2 is 2.18 bits per heavy atom. The highest BCUT2D eigenvalue weighted by molar-refractivity contribution is 7.99. The molecule has 3 heterocycles. The molecule has 0 spiro atoms. The van der Waals surface area contributed by atoms with Crippen LogP contribution in [0.15, 0.2) is 34.9 Å². The largest absolute Gasteiger partial charge is 0.468 e. The number of hydrogen-bond acceptors (Lipinski definition) is 5. The maximum atomic E-state index is 12.2. The first kappa shape index (κ1) is 15.9. The van der Waals surface area contributed by atoms with Gasteiger partial charge in [-0.3, -0.25) is 9.69 Å². The number of halogens is 1. The Labute approximate surface area is 142 Å². The lowest BCUT2D eigenvalue weighted by Gasteiger charge is -2.33. The van der Waals surface area contributed by atoms with E-state index in [4.69, 9.17) is 16.0 Å². The summed E-state index contributed by atoms with van der Waals surface area (Å²) < 4.78 is 6.20. The van der Waals surface area contributed by atoms with Crippen LogP contribution in [0.4, 0.5) is 0 Å². The number of amides is 1. The predicted octanol–water partition coefficient (Wildman–Crippen LogP) is 3.51. The van der Waals surface area contributed by atoms with Gasteiger partial charge < -0.3 is 9.73 Å². The smallest absolute Gasteiger partial charge is 0.261 e. The van der Waals surface area contributed by atoms with Crippen molar-refractivity contribution in [3.63, 3.8) is 0 Å². The van der Waals surface area contributed by atoms with Crippen molar-refractivity contribution in [2.24, 2.45) is 0 Å². The molecule has 0 aromatic carbocycles. The van der Waals surface area contributed by atoms with Gasteiger partial charge in [0.05, 0.1) is 21.5 Å². The number of thioether (sulfide) groups is 1. The number of rotatable bonds is 5. The fourth-order valence-electron chi connectivity index (χ4n) is 2.49. The zero-order valence-electron chi connectivity index (χ0n) is 12.0. The average Bonchev–Trinajstić information content (AvgIpc) is 3.20. The Hall–Kier alpha value is -0.950. The van der Waals surface area contributed by atoms with Crippen LogP contribution in [-0.2, 0) is 0 Å². The normalized spacial score (nSPS) is 17.3. The van der Waals surface area contributed by atoms with Gasteiger partial charge in [0.1, 0.15) is 5.76 Å². The lowest BCUT2D eigenvalue weighted by atomic mass is 10.2. The van der Waals surface area contributed by atoms with E-state index < -0.39 is 0 Å². The maximum Gasteiger partial charge on any atom is 0.261 e. The number of carbonyl (C=O) groups excluding carboxylic acids is 1. The molecule has 1 aliphatic rings. The minimum atomic E-state index is -0.0835. The van der Waals surface area contributed by atoms with Gasteiger partial charge in [0, 0.05) is 31.1 Å². The van der Waals surface area contributed by atoms with Crippen LogP contribution < -0.4 is 5.32 Å². The first-order chi connectivity index (χ1) is 10.7. The van der Waals surface area contributed by atoms with E-state index in [2.05, 4.69) is 10.2 Å². The third kappa shape index (κ3) is 3.87. The van der Waals surface area contributed by atoms with Crippen molar-refractivity contribution in [2.75, 3.05) is 31.1 Å². The van der Waals surface area contributed by atoms with Gasteiger partial charge >= 0.3 is 0 Å². The van der Waals surface area contributed by atoms with E-state index in [-0.39, 0.29) is 11.9 Å². The molecule has 1 amide bonds. The average molecular weight is 357 g/mol. The molecule has 0 unspecified atom stereocenters. The maximum absolute atomic E-state index is 12.2. The molecule has 1 N–H and O–H groups in total. The van der Waals surface area contributed by atoms with Crippen LogP contribution in [0.5, 0.6) is 0 Å². The second kappa shape index (κ2) is 7.55. The van der Waals surface area contributed by atoms with Crippen molar-refractivity contribution < 1.29 is 9.21 Å². The summed E-state index contributed by atoms with van der Waals surface area (Å²) in [6, 6.07) is 7.44. The Balaban J connectivity index is 1.66. The fraction of sp³-hybridized carbons (Fsp3) is 0.400. The standard InChI is InChI=1S/C15H17ClN2O2S2/c16-14-4-3-13(22-14)15(19)17-10-11(12-2-1-7-20-12)18-5-8-21-9-6-18/h1-4,7,11H,5-6,8-10H2,(H,17,19)/t11-/m0/s1. The molecule has 1 saturated heterocycles. The van der Waals surface area contributed by atoms with Crippen LogP contribution in [0.1, 0.15) is 21.5 Å². The summed E-state index contributed by atoms with van der Waals surface area (Å²) in [6.45, 7) is 2.56. The zero-order valence-corrected chi connectivity index (χ0v) is 14.3. The molecule has 1 fully saturated rings. The molecular formula is C15H17ClN2O2S2. The molecular weight excluding hydrogens is 340 g/mol. The summed E-state index contributed by atoms with van der Waals surface area (Å²) >= 11 is 9.14. The minimum absolute atomic E-state index is 0.0790. The summed E-state index contributed by atoms with van der Waals surface area (Å²) in [4.78, 5) is 15.2. The van der Waals surface area contributed by atoms with Gasteiger partial charge in [-0.2, -0.15) is 11.8 Å². The summed E-state index contributed by atoms with van der Waals surface area (Å²) in [5.74, 6) is 3.05. The second-order valence-corrected chi connectivity index (χ2v) is 7.93. The van der Waals surface area contributed by atoms with Crippen molar-refractivity contribution in [1.82, 2.24) is 10.2 Å². The van der Waals surface area contributed by atoms with Crippen molar-refractivity contribution in [1.29, 1.82) is 0 Å². The van der Waals surface area contributed by atoms with Gasteiger partial charge in [-0.25, -0.2) is 0 Å². The molecule has 118 valence electrons.